The van der Waals surface area contributed by atoms with Crippen molar-refractivity contribution < 1.29 is 18.7 Å². The van der Waals surface area contributed by atoms with E-state index < -0.39 is 23.9 Å². The molecule has 0 saturated heterocycles. The van der Waals surface area contributed by atoms with Crippen LogP contribution in [0.1, 0.15) is 18.5 Å². The molecule has 0 fully saturated rings. The molecular weight excluding hydrogens is 439 g/mol. The largest absolute Gasteiger partial charge is 0.463 e. The average molecular weight is 457 g/mol. The first kappa shape index (κ1) is 21.4. The highest BCUT2D eigenvalue weighted by Crippen LogP contribution is 2.29. The van der Waals surface area contributed by atoms with Gasteiger partial charge in [0.05, 0.1) is 23.9 Å². The fraction of sp³-hybridized carbons (Fsp3) is 0.190. The molecule has 0 bridgehead atoms. The quantitative estimate of drug-likeness (QED) is 0.551. The molecule has 0 radical (unpaired) electrons. The number of hydrogen-bond acceptors (Lipinski definition) is 6. The van der Waals surface area contributed by atoms with E-state index in [0.717, 1.165) is 0 Å². The maximum atomic E-state index is 13.5. The molecule has 0 aliphatic carbocycles. The fourth-order valence-corrected chi connectivity index (χ4v) is 3.42. The number of tetrazole rings is 1. The number of aromatic nitrogens is 4. The zero-order valence-corrected chi connectivity index (χ0v) is 17.6. The van der Waals surface area contributed by atoms with Gasteiger partial charge < -0.3 is 15.4 Å². The maximum absolute atomic E-state index is 13.5. The van der Waals surface area contributed by atoms with Gasteiger partial charge in [-0.2, -0.15) is 4.80 Å². The number of urea groups is 1. The number of ether oxygens (including phenoxy) is 1. The second-order valence-corrected chi connectivity index (χ2v) is 7.29. The molecule has 2 heterocycles. The Morgan fingerprint density at radius 1 is 1.25 bits per heavy atom. The van der Waals surface area contributed by atoms with Crippen LogP contribution < -0.4 is 10.6 Å². The van der Waals surface area contributed by atoms with Gasteiger partial charge in [0.2, 0.25) is 5.82 Å². The molecule has 2 amide bonds. The van der Waals surface area contributed by atoms with Gasteiger partial charge in [0, 0.05) is 10.6 Å². The zero-order valence-electron chi connectivity index (χ0n) is 16.9. The van der Waals surface area contributed by atoms with Gasteiger partial charge in [0.25, 0.3) is 0 Å². The van der Waals surface area contributed by atoms with Crippen molar-refractivity contribution in [3.8, 4) is 11.4 Å². The second-order valence-electron chi connectivity index (χ2n) is 6.85. The van der Waals surface area contributed by atoms with Crippen LogP contribution in [0.15, 0.2) is 59.8 Å². The van der Waals surface area contributed by atoms with Crippen molar-refractivity contribution >= 4 is 23.6 Å². The Balaban J connectivity index is 1.71. The Kier molecular flexibility index (Phi) is 6.13. The van der Waals surface area contributed by atoms with E-state index in [9.17, 15) is 14.0 Å². The van der Waals surface area contributed by atoms with Crippen molar-refractivity contribution in [1.82, 2.24) is 30.8 Å². The Morgan fingerprint density at radius 2 is 2.03 bits per heavy atom. The van der Waals surface area contributed by atoms with Crippen LogP contribution in [0, 0.1) is 5.82 Å². The first-order valence-electron chi connectivity index (χ1n) is 9.71. The highest BCUT2D eigenvalue weighted by Gasteiger charge is 2.34. The van der Waals surface area contributed by atoms with E-state index in [2.05, 4.69) is 26.0 Å². The SMILES string of the molecule is CCOC(=O)C1=C(Cn2nnc(-c3cccc(F)c3)n2)NC(=O)NC1c1ccc(Cl)cc1. The summed E-state index contributed by atoms with van der Waals surface area (Å²) in [6, 6.07) is 11.3. The highest BCUT2D eigenvalue weighted by atomic mass is 35.5. The molecule has 32 heavy (non-hydrogen) atoms. The van der Waals surface area contributed by atoms with Crippen molar-refractivity contribution in [2.24, 2.45) is 0 Å². The Labute approximate surface area is 187 Å². The summed E-state index contributed by atoms with van der Waals surface area (Å²) < 4.78 is 18.7. The third-order valence-electron chi connectivity index (χ3n) is 4.69. The number of carbonyl (C=O) groups excluding carboxylic acids is 2. The third-order valence-corrected chi connectivity index (χ3v) is 4.94. The molecule has 1 aromatic heterocycles. The topological polar surface area (TPSA) is 111 Å². The first-order valence-corrected chi connectivity index (χ1v) is 10.1. The van der Waals surface area contributed by atoms with E-state index in [0.29, 0.717) is 16.1 Å². The average Bonchev–Trinajstić information content (AvgIpc) is 3.22. The van der Waals surface area contributed by atoms with E-state index >= 15 is 0 Å². The van der Waals surface area contributed by atoms with Crippen LogP contribution in [0.2, 0.25) is 5.02 Å². The molecule has 9 nitrogen and oxygen atoms in total. The van der Waals surface area contributed by atoms with Gasteiger partial charge in [-0.25, -0.2) is 14.0 Å². The lowest BCUT2D eigenvalue weighted by molar-refractivity contribution is -0.139. The highest BCUT2D eigenvalue weighted by molar-refractivity contribution is 6.30. The molecule has 2 aromatic carbocycles. The molecule has 1 atom stereocenters. The zero-order chi connectivity index (χ0) is 22.7. The van der Waals surface area contributed by atoms with Crippen molar-refractivity contribution in [1.29, 1.82) is 0 Å². The van der Waals surface area contributed by atoms with Crippen LogP contribution >= 0.6 is 11.6 Å². The Bertz CT molecular complexity index is 1190. The number of nitrogens with one attached hydrogen (secondary N) is 2. The van der Waals surface area contributed by atoms with Crippen molar-refractivity contribution in [2.45, 2.75) is 19.5 Å². The lowest BCUT2D eigenvalue weighted by Gasteiger charge is -2.29. The van der Waals surface area contributed by atoms with Crippen LogP contribution in [-0.2, 0) is 16.1 Å². The van der Waals surface area contributed by atoms with Gasteiger partial charge in [-0.1, -0.05) is 35.9 Å². The number of rotatable bonds is 6. The van der Waals surface area contributed by atoms with Crippen LogP contribution in [0.3, 0.4) is 0 Å². The standard InChI is InChI=1S/C21H18ClFN6O3/c1-2-32-20(30)17-16(24-21(31)25-18(17)12-6-8-14(22)9-7-12)11-29-27-19(26-28-29)13-4-3-5-15(23)10-13/h3-10,18H,2,11H2,1H3,(H2,24,25,31). The van der Waals surface area contributed by atoms with E-state index in [4.69, 9.17) is 16.3 Å². The number of carbonyl (C=O) groups is 2. The number of halogens is 2. The third kappa shape index (κ3) is 4.59. The summed E-state index contributed by atoms with van der Waals surface area (Å²) in [4.78, 5) is 26.4. The predicted octanol–water partition coefficient (Wildman–Crippen LogP) is 3.00. The van der Waals surface area contributed by atoms with E-state index in [1.807, 2.05) is 0 Å². The Morgan fingerprint density at radius 3 is 2.75 bits per heavy atom. The summed E-state index contributed by atoms with van der Waals surface area (Å²) in [5, 5.41) is 18.0. The molecular formula is C21H18ClFN6O3. The summed E-state index contributed by atoms with van der Waals surface area (Å²) in [6.07, 6.45) is 0. The normalized spacial score (nSPS) is 15.8. The minimum Gasteiger partial charge on any atom is -0.463 e. The van der Waals surface area contributed by atoms with Gasteiger partial charge in [-0.3, -0.25) is 0 Å². The molecule has 1 aliphatic heterocycles. The lowest BCUT2D eigenvalue weighted by Crippen LogP contribution is -2.47. The van der Waals surface area contributed by atoms with Gasteiger partial charge in [0.1, 0.15) is 12.4 Å². The second kappa shape index (κ2) is 9.15. The van der Waals surface area contributed by atoms with Crippen molar-refractivity contribution in [3.63, 3.8) is 0 Å². The van der Waals surface area contributed by atoms with Crippen molar-refractivity contribution in [2.75, 3.05) is 6.61 Å². The minimum atomic E-state index is -0.763. The number of nitrogens with zero attached hydrogens (tertiary/aromatic N) is 4. The monoisotopic (exact) mass is 456 g/mol. The molecule has 0 saturated carbocycles. The number of amides is 2. The fourth-order valence-electron chi connectivity index (χ4n) is 3.29. The molecule has 4 rings (SSSR count). The van der Waals surface area contributed by atoms with Gasteiger partial charge in [-0.15, -0.1) is 10.2 Å². The molecule has 1 unspecified atom stereocenters. The van der Waals surface area contributed by atoms with E-state index in [1.165, 1.54) is 23.0 Å². The summed E-state index contributed by atoms with van der Waals surface area (Å²) in [5.74, 6) is -0.819. The molecule has 164 valence electrons. The van der Waals surface area contributed by atoms with Gasteiger partial charge >= 0.3 is 12.0 Å². The van der Waals surface area contributed by atoms with Gasteiger partial charge in [0.15, 0.2) is 0 Å². The Hall–Kier alpha value is -3.79. The van der Waals surface area contributed by atoms with Crippen LogP contribution in [0.4, 0.5) is 9.18 Å². The predicted molar refractivity (Wildman–Crippen MR) is 113 cm³/mol. The van der Waals surface area contributed by atoms with Crippen molar-refractivity contribution in [3.05, 3.63) is 76.2 Å². The summed E-state index contributed by atoms with van der Waals surface area (Å²) in [7, 11) is 0. The van der Waals surface area contributed by atoms with Crippen LogP contribution in [0.5, 0.6) is 0 Å². The van der Waals surface area contributed by atoms with E-state index in [1.54, 1.807) is 37.3 Å². The van der Waals surface area contributed by atoms with Crippen LogP contribution in [-0.4, -0.2) is 38.8 Å². The minimum absolute atomic E-state index is 0.0615. The number of benzene rings is 2. The molecule has 2 N–H and O–H groups in total. The van der Waals surface area contributed by atoms with Crippen LogP contribution in [0.25, 0.3) is 11.4 Å². The first-order chi connectivity index (χ1) is 15.4. The summed E-state index contributed by atoms with van der Waals surface area (Å²) >= 11 is 5.97. The molecule has 0 spiro atoms. The molecule has 11 heteroatoms. The van der Waals surface area contributed by atoms with E-state index in [-0.39, 0.29) is 30.2 Å². The van der Waals surface area contributed by atoms with Gasteiger partial charge in [-0.05, 0) is 42.0 Å². The summed E-state index contributed by atoms with van der Waals surface area (Å²) in [5.41, 5.74) is 1.56. The number of esters is 1. The molecule has 3 aromatic rings. The smallest absolute Gasteiger partial charge is 0.338 e. The number of allylic oxidation sites excluding steroid dienone is 1. The number of hydrogen-bond donors (Lipinski definition) is 2. The lowest BCUT2D eigenvalue weighted by atomic mass is 9.95. The molecule has 1 aliphatic rings. The summed E-state index contributed by atoms with van der Waals surface area (Å²) in [6.45, 7) is 1.78. The maximum Gasteiger partial charge on any atom is 0.338 e.